The maximum atomic E-state index is 12.2. The molecule has 1 saturated heterocycles. The Hall–Kier alpha value is -0.110. The van der Waals surface area contributed by atoms with Gasteiger partial charge in [-0.25, -0.2) is 4.39 Å². The Balaban J connectivity index is 2.06. The van der Waals surface area contributed by atoms with Gasteiger partial charge < -0.3 is 5.32 Å². The zero-order chi connectivity index (χ0) is 4.85. The van der Waals surface area contributed by atoms with E-state index in [2.05, 4.69) is 5.32 Å². The Bertz CT molecular complexity index is 84.1. The van der Waals surface area contributed by atoms with E-state index in [1.165, 1.54) is 0 Å². The van der Waals surface area contributed by atoms with Crippen LogP contribution in [0.5, 0.6) is 0 Å². The van der Waals surface area contributed by atoms with Crippen molar-refractivity contribution >= 4 is 0 Å². The third-order valence-electron chi connectivity index (χ3n) is 1.99. The highest BCUT2D eigenvalue weighted by Gasteiger charge is 2.53. The van der Waals surface area contributed by atoms with Crippen LogP contribution in [0.15, 0.2) is 0 Å². The SMILES string of the molecule is FC1C2CNCC12. The van der Waals surface area contributed by atoms with E-state index in [1.807, 2.05) is 0 Å². The van der Waals surface area contributed by atoms with Gasteiger partial charge >= 0.3 is 0 Å². The Morgan fingerprint density at radius 2 is 1.86 bits per heavy atom. The van der Waals surface area contributed by atoms with Crippen LogP contribution in [0.25, 0.3) is 0 Å². The van der Waals surface area contributed by atoms with E-state index in [4.69, 9.17) is 0 Å². The van der Waals surface area contributed by atoms with Crippen LogP contribution in [0.4, 0.5) is 4.39 Å². The number of piperidine rings is 1. The molecular weight excluding hydrogens is 93.1 g/mol. The number of halogens is 1. The number of fused-ring (bicyclic) bond motifs is 1. The summed E-state index contributed by atoms with van der Waals surface area (Å²) >= 11 is 0. The van der Waals surface area contributed by atoms with Crippen LogP contribution in [0.1, 0.15) is 0 Å². The van der Waals surface area contributed by atoms with E-state index in [0.717, 1.165) is 13.1 Å². The topological polar surface area (TPSA) is 12.0 Å². The highest BCUT2D eigenvalue weighted by molar-refractivity contribution is 5.04. The van der Waals surface area contributed by atoms with Gasteiger partial charge in [0.15, 0.2) is 0 Å². The normalized spacial score (nSPS) is 57.0. The molecular formula is C5H8FN. The summed E-state index contributed by atoms with van der Waals surface area (Å²) in [6.45, 7) is 1.84. The molecule has 1 heterocycles. The zero-order valence-corrected chi connectivity index (χ0v) is 4.02. The minimum absolute atomic E-state index is 0.403. The van der Waals surface area contributed by atoms with Crippen LogP contribution in [0, 0.1) is 11.8 Å². The first-order chi connectivity index (χ1) is 3.39. The summed E-state index contributed by atoms with van der Waals surface area (Å²) in [6.07, 6.45) is -0.443. The van der Waals surface area contributed by atoms with Crippen molar-refractivity contribution in [2.24, 2.45) is 11.8 Å². The lowest BCUT2D eigenvalue weighted by Gasteiger charge is -1.91. The molecule has 0 spiro atoms. The quantitative estimate of drug-likeness (QED) is 0.458. The molecule has 1 aliphatic heterocycles. The van der Waals surface area contributed by atoms with Gasteiger partial charge in [-0.3, -0.25) is 0 Å². The second kappa shape index (κ2) is 0.996. The molecule has 2 unspecified atom stereocenters. The maximum Gasteiger partial charge on any atom is 0.109 e. The summed E-state index contributed by atoms with van der Waals surface area (Å²) in [7, 11) is 0. The summed E-state index contributed by atoms with van der Waals surface area (Å²) in [5.74, 6) is 0.806. The minimum atomic E-state index is -0.443. The van der Waals surface area contributed by atoms with Crippen molar-refractivity contribution in [3.05, 3.63) is 0 Å². The molecule has 0 bridgehead atoms. The molecule has 2 atom stereocenters. The molecule has 0 aromatic heterocycles. The van der Waals surface area contributed by atoms with Crippen molar-refractivity contribution in [3.63, 3.8) is 0 Å². The number of alkyl halides is 1. The number of nitrogens with one attached hydrogen (secondary N) is 1. The fourth-order valence-electron chi connectivity index (χ4n) is 1.34. The van der Waals surface area contributed by atoms with Gasteiger partial charge in [0.1, 0.15) is 6.17 Å². The fraction of sp³-hybridized carbons (Fsp3) is 1.00. The first kappa shape index (κ1) is 3.84. The molecule has 7 heavy (non-hydrogen) atoms. The van der Waals surface area contributed by atoms with Crippen molar-refractivity contribution in [2.45, 2.75) is 6.17 Å². The molecule has 1 nitrogen and oxygen atoms in total. The third-order valence-corrected chi connectivity index (χ3v) is 1.99. The van der Waals surface area contributed by atoms with Crippen LogP contribution < -0.4 is 5.32 Å². The first-order valence-electron chi connectivity index (χ1n) is 2.74. The monoisotopic (exact) mass is 101 g/mol. The molecule has 2 aliphatic rings. The highest BCUT2D eigenvalue weighted by atomic mass is 19.1. The van der Waals surface area contributed by atoms with Gasteiger partial charge in [-0.15, -0.1) is 0 Å². The van der Waals surface area contributed by atoms with Gasteiger partial charge in [0.2, 0.25) is 0 Å². The molecule has 0 amide bonds. The summed E-state index contributed by atoms with van der Waals surface area (Å²) in [5.41, 5.74) is 0. The van der Waals surface area contributed by atoms with Crippen LogP contribution >= 0.6 is 0 Å². The van der Waals surface area contributed by atoms with Crippen LogP contribution in [-0.2, 0) is 0 Å². The van der Waals surface area contributed by atoms with Crippen LogP contribution in [0.3, 0.4) is 0 Å². The zero-order valence-electron chi connectivity index (χ0n) is 4.02. The summed E-state index contributed by atoms with van der Waals surface area (Å²) in [6, 6.07) is 0. The molecule has 2 rings (SSSR count). The summed E-state index contributed by atoms with van der Waals surface area (Å²) < 4.78 is 12.2. The lowest BCUT2D eigenvalue weighted by Crippen LogP contribution is -2.14. The van der Waals surface area contributed by atoms with Gasteiger partial charge in [-0.05, 0) is 0 Å². The standard InChI is InChI=1S/C5H8FN/c6-5-3-1-7-2-4(3)5/h3-5,7H,1-2H2. The molecule has 0 radical (unpaired) electrons. The van der Waals surface area contributed by atoms with E-state index in [0.29, 0.717) is 11.8 Å². The molecule has 0 aromatic rings. The van der Waals surface area contributed by atoms with E-state index in [1.54, 1.807) is 0 Å². The molecule has 1 saturated carbocycles. The molecule has 2 heteroatoms. The van der Waals surface area contributed by atoms with E-state index in [9.17, 15) is 4.39 Å². The first-order valence-corrected chi connectivity index (χ1v) is 2.74. The Labute approximate surface area is 41.9 Å². The number of rotatable bonds is 0. The molecule has 40 valence electrons. The van der Waals surface area contributed by atoms with E-state index in [-0.39, 0.29) is 0 Å². The van der Waals surface area contributed by atoms with Crippen molar-refractivity contribution in [3.8, 4) is 0 Å². The number of hydrogen-bond acceptors (Lipinski definition) is 1. The Morgan fingerprint density at radius 3 is 2.14 bits per heavy atom. The lowest BCUT2D eigenvalue weighted by atomic mass is 10.4. The second-order valence-corrected chi connectivity index (χ2v) is 2.43. The van der Waals surface area contributed by atoms with Gasteiger partial charge in [0, 0.05) is 24.9 Å². The Kier molecular flexibility index (Phi) is 0.546. The third kappa shape index (κ3) is 0.353. The second-order valence-electron chi connectivity index (χ2n) is 2.43. The maximum absolute atomic E-state index is 12.2. The highest BCUT2D eigenvalue weighted by Crippen LogP contribution is 2.44. The fourth-order valence-corrected chi connectivity index (χ4v) is 1.34. The van der Waals surface area contributed by atoms with Crippen molar-refractivity contribution in [2.75, 3.05) is 13.1 Å². The van der Waals surface area contributed by atoms with Gasteiger partial charge in [-0.1, -0.05) is 0 Å². The summed E-state index contributed by atoms with van der Waals surface area (Å²) in [4.78, 5) is 0. The average molecular weight is 101 g/mol. The molecule has 0 aromatic carbocycles. The molecule has 1 aliphatic carbocycles. The van der Waals surface area contributed by atoms with Crippen LogP contribution in [-0.4, -0.2) is 19.3 Å². The minimum Gasteiger partial charge on any atom is -0.316 e. The van der Waals surface area contributed by atoms with Crippen molar-refractivity contribution in [1.29, 1.82) is 0 Å². The van der Waals surface area contributed by atoms with Gasteiger partial charge in [0.05, 0.1) is 0 Å². The smallest absolute Gasteiger partial charge is 0.109 e. The summed E-state index contributed by atoms with van der Waals surface area (Å²) in [5, 5.41) is 3.11. The largest absolute Gasteiger partial charge is 0.316 e. The predicted molar refractivity (Wildman–Crippen MR) is 24.7 cm³/mol. The van der Waals surface area contributed by atoms with E-state index >= 15 is 0 Å². The lowest BCUT2D eigenvalue weighted by molar-refractivity contribution is 0.405. The predicted octanol–water partition coefficient (Wildman–Crippen LogP) is 0.174. The van der Waals surface area contributed by atoms with E-state index < -0.39 is 6.17 Å². The molecule has 2 fully saturated rings. The average Bonchev–Trinajstić information content (AvgIpc) is 2.26. The van der Waals surface area contributed by atoms with Crippen LogP contribution in [0.2, 0.25) is 0 Å². The number of hydrogen-bond donors (Lipinski definition) is 1. The Morgan fingerprint density at radius 1 is 1.29 bits per heavy atom. The van der Waals surface area contributed by atoms with Gasteiger partial charge in [0.25, 0.3) is 0 Å². The molecule has 1 N–H and O–H groups in total. The van der Waals surface area contributed by atoms with Crippen molar-refractivity contribution < 1.29 is 4.39 Å². The van der Waals surface area contributed by atoms with Gasteiger partial charge in [-0.2, -0.15) is 0 Å². The van der Waals surface area contributed by atoms with Crippen molar-refractivity contribution in [1.82, 2.24) is 5.32 Å².